The highest BCUT2D eigenvalue weighted by Gasteiger charge is 2.35. The molecule has 0 saturated carbocycles. The van der Waals surface area contributed by atoms with E-state index in [4.69, 9.17) is 4.42 Å². The van der Waals surface area contributed by atoms with E-state index in [0.29, 0.717) is 6.54 Å². The molecule has 24 heavy (non-hydrogen) atoms. The molecule has 2 amide bonds. The molecular weight excluding hydrogens is 304 g/mol. The summed E-state index contributed by atoms with van der Waals surface area (Å²) < 4.78 is 5.83. The maximum Gasteiger partial charge on any atom is 0.317 e. The van der Waals surface area contributed by atoms with Crippen LogP contribution in [0, 0.1) is 12.3 Å². The van der Waals surface area contributed by atoms with Crippen LogP contribution in [0.25, 0.3) is 0 Å². The third kappa shape index (κ3) is 3.58. The van der Waals surface area contributed by atoms with Crippen molar-refractivity contribution in [1.82, 2.24) is 20.2 Å². The lowest BCUT2D eigenvalue weighted by molar-refractivity contribution is 0.188. The summed E-state index contributed by atoms with van der Waals surface area (Å²) in [5.41, 5.74) is 1.96. The van der Waals surface area contributed by atoms with Crippen LogP contribution in [0.2, 0.25) is 0 Å². The van der Waals surface area contributed by atoms with E-state index < -0.39 is 0 Å². The van der Waals surface area contributed by atoms with Crippen LogP contribution in [-0.4, -0.2) is 27.9 Å². The zero-order chi connectivity index (χ0) is 17.3. The van der Waals surface area contributed by atoms with E-state index in [0.717, 1.165) is 35.6 Å². The average Bonchev–Trinajstić information content (AvgIpc) is 2.87. The number of nitrogens with zero attached hydrogens (tertiary/aromatic N) is 3. The number of nitrogens with one attached hydrogen (secondary N) is 1. The molecule has 0 fully saturated rings. The Morgan fingerprint density at radius 3 is 2.96 bits per heavy atom. The molecule has 0 unspecified atom stereocenters. The van der Waals surface area contributed by atoms with Crippen LogP contribution in [0.3, 0.4) is 0 Å². The molecule has 0 saturated heterocycles. The molecule has 0 spiro atoms. The van der Waals surface area contributed by atoms with E-state index in [1.54, 1.807) is 30.5 Å². The Morgan fingerprint density at radius 2 is 2.25 bits per heavy atom. The summed E-state index contributed by atoms with van der Waals surface area (Å²) in [6.45, 7) is 6.78. The van der Waals surface area contributed by atoms with Crippen LogP contribution in [-0.2, 0) is 13.0 Å². The Balaban J connectivity index is 1.71. The van der Waals surface area contributed by atoms with Crippen LogP contribution in [0.4, 0.5) is 4.79 Å². The van der Waals surface area contributed by atoms with Crippen LogP contribution < -0.4 is 5.32 Å². The van der Waals surface area contributed by atoms with Crippen LogP contribution >= 0.6 is 0 Å². The van der Waals surface area contributed by atoms with Crippen molar-refractivity contribution in [3.05, 3.63) is 47.4 Å². The smallest absolute Gasteiger partial charge is 0.317 e. The quantitative estimate of drug-likeness (QED) is 0.939. The van der Waals surface area contributed by atoms with E-state index in [1.807, 2.05) is 13.0 Å². The molecule has 0 radical (unpaired) electrons. The Kier molecular flexibility index (Phi) is 4.30. The number of hydrogen-bond acceptors (Lipinski definition) is 4. The van der Waals surface area contributed by atoms with Gasteiger partial charge in [-0.25, -0.2) is 4.79 Å². The van der Waals surface area contributed by atoms with Gasteiger partial charge in [0.25, 0.3) is 0 Å². The average molecular weight is 328 g/mol. The monoisotopic (exact) mass is 328 g/mol. The van der Waals surface area contributed by atoms with Gasteiger partial charge in [0.1, 0.15) is 11.5 Å². The van der Waals surface area contributed by atoms with Crippen molar-refractivity contribution < 1.29 is 9.21 Å². The third-order valence-electron chi connectivity index (χ3n) is 4.40. The first-order chi connectivity index (χ1) is 11.3. The lowest BCUT2D eigenvalue weighted by Gasteiger charge is -2.35. The molecule has 0 aromatic carbocycles. The molecule has 2 aromatic heterocycles. The molecule has 1 N–H and O–H groups in total. The van der Waals surface area contributed by atoms with Gasteiger partial charge in [0.05, 0.1) is 24.5 Å². The number of aromatic nitrogens is 2. The van der Waals surface area contributed by atoms with Gasteiger partial charge in [-0.15, -0.1) is 0 Å². The SMILES string of the molecule is Cc1cc2c(o1)CC(C)(C)C[C@@H]2NC(=O)N(C)Cc1cnccn1. The van der Waals surface area contributed by atoms with Gasteiger partial charge in [-0.3, -0.25) is 9.97 Å². The van der Waals surface area contributed by atoms with Crippen molar-refractivity contribution in [2.75, 3.05) is 7.05 Å². The van der Waals surface area contributed by atoms with Crippen molar-refractivity contribution in [3.63, 3.8) is 0 Å². The fourth-order valence-corrected chi connectivity index (χ4v) is 3.30. The highest BCUT2D eigenvalue weighted by Crippen LogP contribution is 2.42. The van der Waals surface area contributed by atoms with E-state index in [1.165, 1.54) is 0 Å². The Bertz CT molecular complexity index is 724. The summed E-state index contributed by atoms with van der Waals surface area (Å²) in [6.07, 6.45) is 6.72. The Hall–Kier alpha value is -2.37. The zero-order valence-corrected chi connectivity index (χ0v) is 14.7. The van der Waals surface area contributed by atoms with Crippen LogP contribution in [0.15, 0.2) is 29.1 Å². The minimum absolute atomic E-state index is 0.0296. The minimum atomic E-state index is -0.117. The molecule has 128 valence electrons. The lowest BCUT2D eigenvalue weighted by atomic mass is 9.75. The van der Waals surface area contributed by atoms with Gasteiger partial charge >= 0.3 is 6.03 Å². The number of hydrogen-bond donors (Lipinski definition) is 1. The maximum atomic E-state index is 12.6. The van der Waals surface area contributed by atoms with E-state index in [-0.39, 0.29) is 17.5 Å². The van der Waals surface area contributed by atoms with Gasteiger partial charge in [0, 0.05) is 31.4 Å². The Morgan fingerprint density at radius 1 is 1.46 bits per heavy atom. The number of urea groups is 1. The topological polar surface area (TPSA) is 71.3 Å². The predicted molar refractivity (Wildman–Crippen MR) is 90.3 cm³/mol. The van der Waals surface area contributed by atoms with Gasteiger partial charge in [0.2, 0.25) is 0 Å². The minimum Gasteiger partial charge on any atom is -0.466 e. The lowest BCUT2D eigenvalue weighted by Crippen LogP contribution is -2.42. The van der Waals surface area contributed by atoms with Crippen molar-refractivity contribution in [1.29, 1.82) is 0 Å². The molecule has 1 atom stereocenters. The highest BCUT2D eigenvalue weighted by molar-refractivity contribution is 5.74. The molecule has 1 aliphatic rings. The summed E-state index contributed by atoms with van der Waals surface area (Å²) in [6, 6.07) is 1.89. The predicted octanol–water partition coefficient (Wildman–Crippen LogP) is 3.23. The standard InChI is InChI=1S/C18H24N4O2/c1-12-7-14-15(8-18(2,3)9-16(14)24-12)21-17(23)22(4)11-13-10-19-5-6-20-13/h5-7,10,15H,8-9,11H2,1-4H3,(H,21,23)/t15-/m0/s1. The van der Waals surface area contributed by atoms with Gasteiger partial charge in [0.15, 0.2) is 0 Å². The van der Waals surface area contributed by atoms with E-state index in [9.17, 15) is 4.79 Å². The van der Waals surface area contributed by atoms with Crippen LogP contribution in [0.1, 0.15) is 49.1 Å². The number of carbonyl (C=O) groups is 1. The second kappa shape index (κ2) is 6.26. The van der Waals surface area contributed by atoms with E-state index >= 15 is 0 Å². The summed E-state index contributed by atoms with van der Waals surface area (Å²) in [4.78, 5) is 22.4. The largest absolute Gasteiger partial charge is 0.466 e. The van der Waals surface area contributed by atoms with Crippen molar-refractivity contribution >= 4 is 6.03 Å². The number of carbonyl (C=O) groups excluding carboxylic acids is 1. The number of amides is 2. The molecule has 2 aromatic rings. The highest BCUT2D eigenvalue weighted by atomic mass is 16.3. The first-order valence-electron chi connectivity index (χ1n) is 8.20. The second-order valence-electron chi connectivity index (χ2n) is 7.34. The van der Waals surface area contributed by atoms with Crippen molar-refractivity contribution in [3.8, 4) is 0 Å². The van der Waals surface area contributed by atoms with Gasteiger partial charge in [-0.05, 0) is 24.8 Å². The van der Waals surface area contributed by atoms with E-state index in [2.05, 4.69) is 29.1 Å². The third-order valence-corrected chi connectivity index (χ3v) is 4.40. The van der Waals surface area contributed by atoms with Crippen molar-refractivity contribution in [2.45, 2.75) is 46.2 Å². The molecular formula is C18H24N4O2. The summed E-state index contributed by atoms with van der Waals surface area (Å²) >= 11 is 0. The fourth-order valence-electron chi connectivity index (χ4n) is 3.30. The molecule has 3 rings (SSSR count). The number of rotatable bonds is 3. The molecule has 6 heteroatoms. The molecule has 0 bridgehead atoms. The van der Waals surface area contributed by atoms with Gasteiger partial charge in [-0.2, -0.15) is 0 Å². The molecule has 0 aliphatic heterocycles. The molecule has 2 heterocycles. The summed E-state index contributed by atoms with van der Waals surface area (Å²) in [5, 5.41) is 3.14. The van der Waals surface area contributed by atoms with Gasteiger partial charge < -0.3 is 14.6 Å². The zero-order valence-electron chi connectivity index (χ0n) is 14.7. The fraction of sp³-hybridized carbons (Fsp3) is 0.500. The summed E-state index contributed by atoms with van der Waals surface area (Å²) in [5.74, 6) is 1.88. The maximum absolute atomic E-state index is 12.6. The first kappa shape index (κ1) is 16.5. The van der Waals surface area contributed by atoms with Crippen molar-refractivity contribution in [2.24, 2.45) is 5.41 Å². The number of aryl methyl sites for hydroxylation is 1. The molecule has 6 nitrogen and oxygen atoms in total. The summed E-state index contributed by atoms with van der Waals surface area (Å²) in [7, 11) is 1.76. The Labute approximate surface area is 142 Å². The number of fused-ring (bicyclic) bond motifs is 1. The van der Waals surface area contributed by atoms with Gasteiger partial charge in [-0.1, -0.05) is 13.8 Å². The number of furan rings is 1. The second-order valence-corrected chi connectivity index (χ2v) is 7.34. The normalized spacial score (nSPS) is 18.8. The van der Waals surface area contributed by atoms with Crippen LogP contribution in [0.5, 0.6) is 0 Å². The first-order valence-corrected chi connectivity index (χ1v) is 8.20. The molecule has 1 aliphatic carbocycles.